The van der Waals surface area contributed by atoms with E-state index in [-0.39, 0.29) is 17.4 Å². The Morgan fingerprint density at radius 2 is 1.90 bits per heavy atom. The lowest BCUT2D eigenvalue weighted by Crippen LogP contribution is -2.24. The Hall–Kier alpha value is -1.69. The van der Waals surface area contributed by atoms with Gasteiger partial charge in [0.05, 0.1) is 11.8 Å². The second-order valence-electron chi connectivity index (χ2n) is 4.99. The third-order valence-corrected chi connectivity index (χ3v) is 3.14. The number of aliphatic hydroxyl groups is 1. The van der Waals surface area contributed by atoms with E-state index in [1.807, 2.05) is 20.8 Å². The molecule has 6 nitrogen and oxygen atoms in total. The van der Waals surface area contributed by atoms with Gasteiger partial charge in [-0.05, 0) is 38.7 Å². The standard InChI is InChI=1S/C14H23N3O3/c1-5-10-11(6-2)16-17-13(12(10)14(19)20)15-8(3)7-9(4)18/h8-9,18H,5-7H2,1-4H3,(H,15,17)(H,19,20). The highest BCUT2D eigenvalue weighted by Gasteiger charge is 2.21. The Labute approximate surface area is 119 Å². The molecule has 0 amide bonds. The normalized spacial score (nSPS) is 13.8. The average molecular weight is 281 g/mol. The third-order valence-electron chi connectivity index (χ3n) is 3.14. The molecule has 0 spiro atoms. The van der Waals surface area contributed by atoms with Crippen LogP contribution in [0.2, 0.25) is 0 Å². The first-order valence-corrected chi connectivity index (χ1v) is 6.96. The Kier molecular flexibility index (Phi) is 5.88. The molecule has 2 unspecified atom stereocenters. The lowest BCUT2D eigenvalue weighted by Gasteiger charge is -2.19. The van der Waals surface area contributed by atoms with Gasteiger partial charge in [-0.3, -0.25) is 0 Å². The van der Waals surface area contributed by atoms with E-state index >= 15 is 0 Å². The van der Waals surface area contributed by atoms with Crippen LogP contribution in [0, 0.1) is 0 Å². The number of aromatic carboxylic acids is 1. The topological polar surface area (TPSA) is 95.3 Å². The molecule has 3 N–H and O–H groups in total. The van der Waals surface area contributed by atoms with Gasteiger partial charge in [0.15, 0.2) is 5.82 Å². The summed E-state index contributed by atoms with van der Waals surface area (Å²) in [5.74, 6) is -0.724. The number of anilines is 1. The van der Waals surface area contributed by atoms with Crippen molar-refractivity contribution in [3.63, 3.8) is 0 Å². The predicted octanol–water partition coefficient (Wildman–Crippen LogP) is 1.87. The molecule has 6 heteroatoms. The molecule has 2 atom stereocenters. The zero-order valence-corrected chi connectivity index (χ0v) is 12.5. The predicted molar refractivity (Wildman–Crippen MR) is 77.1 cm³/mol. The van der Waals surface area contributed by atoms with Crippen molar-refractivity contribution in [2.45, 2.75) is 59.1 Å². The van der Waals surface area contributed by atoms with Crippen LogP contribution in [0.5, 0.6) is 0 Å². The van der Waals surface area contributed by atoms with Crippen molar-refractivity contribution in [1.29, 1.82) is 0 Å². The summed E-state index contributed by atoms with van der Waals surface area (Å²) in [6.45, 7) is 7.41. The molecule has 0 bridgehead atoms. The summed E-state index contributed by atoms with van der Waals surface area (Å²) in [5.41, 5.74) is 1.64. The van der Waals surface area contributed by atoms with Crippen molar-refractivity contribution in [3.05, 3.63) is 16.8 Å². The minimum atomic E-state index is -1.00. The van der Waals surface area contributed by atoms with Gasteiger partial charge >= 0.3 is 5.97 Å². The molecule has 0 aliphatic rings. The Bertz CT molecular complexity index is 475. The van der Waals surface area contributed by atoms with Crippen LogP contribution < -0.4 is 5.32 Å². The molecule has 1 aromatic heterocycles. The van der Waals surface area contributed by atoms with Crippen molar-refractivity contribution in [2.75, 3.05) is 5.32 Å². The highest BCUT2D eigenvalue weighted by Crippen LogP contribution is 2.22. The molecule has 0 aliphatic carbocycles. The number of nitrogens with zero attached hydrogens (tertiary/aromatic N) is 2. The number of aryl methyl sites for hydroxylation is 1. The number of carboxylic acid groups (broad SMARTS) is 1. The van der Waals surface area contributed by atoms with Gasteiger partial charge in [0.2, 0.25) is 0 Å². The van der Waals surface area contributed by atoms with Crippen molar-refractivity contribution >= 4 is 11.8 Å². The van der Waals surface area contributed by atoms with E-state index in [9.17, 15) is 15.0 Å². The van der Waals surface area contributed by atoms with E-state index in [0.717, 1.165) is 11.3 Å². The molecule has 0 saturated heterocycles. The Morgan fingerprint density at radius 1 is 1.25 bits per heavy atom. The summed E-state index contributed by atoms with van der Waals surface area (Å²) in [6, 6.07) is -0.0837. The second-order valence-corrected chi connectivity index (χ2v) is 4.99. The number of rotatable bonds is 7. The summed E-state index contributed by atoms with van der Waals surface area (Å²) >= 11 is 0. The first kappa shape index (κ1) is 16.4. The van der Waals surface area contributed by atoms with Gasteiger partial charge in [0.25, 0.3) is 0 Å². The van der Waals surface area contributed by atoms with Gasteiger partial charge in [-0.15, -0.1) is 5.10 Å². The average Bonchev–Trinajstić information content (AvgIpc) is 2.36. The fraction of sp³-hybridized carbons (Fsp3) is 0.643. The van der Waals surface area contributed by atoms with E-state index in [1.165, 1.54) is 0 Å². The molecule has 1 rings (SSSR count). The van der Waals surface area contributed by atoms with Crippen LogP contribution in [0.4, 0.5) is 5.82 Å². The van der Waals surface area contributed by atoms with Gasteiger partial charge < -0.3 is 15.5 Å². The molecule has 1 heterocycles. The van der Waals surface area contributed by atoms with E-state index in [4.69, 9.17) is 0 Å². The van der Waals surface area contributed by atoms with Crippen molar-refractivity contribution in [1.82, 2.24) is 10.2 Å². The van der Waals surface area contributed by atoms with Gasteiger partial charge in [-0.2, -0.15) is 5.10 Å². The molecule has 0 aromatic carbocycles. The van der Waals surface area contributed by atoms with Gasteiger partial charge in [-0.25, -0.2) is 4.79 Å². The zero-order chi connectivity index (χ0) is 15.3. The van der Waals surface area contributed by atoms with Crippen LogP contribution >= 0.6 is 0 Å². The molecular formula is C14H23N3O3. The monoisotopic (exact) mass is 281 g/mol. The molecule has 112 valence electrons. The number of aromatic nitrogens is 2. The van der Waals surface area contributed by atoms with Crippen molar-refractivity contribution < 1.29 is 15.0 Å². The van der Waals surface area contributed by atoms with Crippen molar-refractivity contribution in [3.8, 4) is 0 Å². The second kappa shape index (κ2) is 7.19. The Morgan fingerprint density at radius 3 is 2.35 bits per heavy atom. The molecule has 1 aromatic rings. The maximum absolute atomic E-state index is 11.5. The number of hydrogen-bond donors (Lipinski definition) is 3. The van der Waals surface area contributed by atoms with E-state index < -0.39 is 12.1 Å². The summed E-state index contributed by atoms with van der Waals surface area (Å²) in [5, 5.41) is 29.9. The van der Waals surface area contributed by atoms with Gasteiger partial charge in [0.1, 0.15) is 5.56 Å². The van der Waals surface area contributed by atoms with Crippen molar-refractivity contribution in [2.24, 2.45) is 0 Å². The minimum Gasteiger partial charge on any atom is -0.478 e. The minimum absolute atomic E-state index is 0.0837. The van der Waals surface area contributed by atoms with Crippen LogP contribution in [0.3, 0.4) is 0 Å². The first-order valence-electron chi connectivity index (χ1n) is 6.96. The molecule has 20 heavy (non-hydrogen) atoms. The maximum Gasteiger partial charge on any atom is 0.339 e. The smallest absolute Gasteiger partial charge is 0.339 e. The molecule has 0 fully saturated rings. The van der Waals surface area contributed by atoms with Crippen LogP contribution in [-0.4, -0.2) is 38.5 Å². The molecule has 0 aliphatic heterocycles. The fourth-order valence-electron chi connectivity index (χ4n) is 2.31. The third kappa shape index (κ3) is 3.90. The number of nitrogens with one attached hydrogen (secondary N) is 1. The fourth-order valence-corrected chi connectivity index (χ4v) is 2.31. The number of carbonyl (C=O) groups is 1. The highest BCUT2D eigenvalue weighted by atomic mass is 16.4. The number of hydrogen-bond acceptors (Lipinski definition) is 5. The summed E-state index contributed by atoms with van der Waals surface area (Å²) < 4.78 is 0. The SMILES string of the molecule is CCc1nnc(NC(C)CC(C)O)c(C(=O)O)c1CC. The largest absolute Gasteiger partial charge is 0.478 e. The molecule has 0 saturated carbocycles. The van der Waals surface area contributed by atoms with Gasteiger partial charge in [0, 0.05) is 6.04 Å². The van der Waals surface area contributed by atoms with Crippen LogP contribution in [0.15, 0.2) is 0 Å². The lowest BCUT2D eigenvalue weighted by atomic mass is 10.0. The summed E-state index contributed by atoms with van der Waals surface area (Å²) in [6.07, 6.45) is 1.30. The summed E-state index contributed by atoms with van der Waals surface area (Å²) in [7, 11) is 0. The van der Waals surface area contributed by atoms with E-state index in [1.54, 1.807) is 6.92 Å². The Balaban J connectivity index is 3.16. The maximum atomic E-state index is 11.5. The van der Waals surface area contributed by atoms with E-state index in [0.29, 0.717) is 19.3 Å². The number of aliphatic hydroxyl groups excluding tert-OH is 1. The highest BCUT2D eigenvalue weighted by molar-refractivity contribution is 5.95. The van der Waals surface area contributed by atoms with Gasteiger partial charge in [-0.1, -0.05) is 13.8 Å². The van der Waals surface area contributed by atoms with Crippen LogP contribution in [0.1, 0.15) is 55.7 Å². The quantitative estimate of drug-likeness (QED) is 0.706. The first-order chi connectivity index (χ1) is 9.40. The van der Waals surface area contributed by atoms with Crippen LogP contribution in [0.25, 0.3) is 0 Å². The lowest BCUT2D eigenvalue weighted by molar-refractivity contribution is 0.0696. The molecule has 0 radical (unpaired) electrons. The number of carboxylic acids is 1. The molecular weight excluding hydrogens is 258 g/mol. The van der Waals surface area contributed by atoms with E-state index in [2.05, 4.69) is 15.5 Å². The van der Waals surface area contributed by atoms with Crippen LogP contribution in [-0.2, 0) is 12.8 Å². The summed E-state index contributed by atoms with van der Waals surface area (Å²) in [4.78, 5) is 11.5. The zero-order valence-electron chi connectivity index (χ0n) is 12.5.